The van der Waals surface area contributed by atoms with Crippen molar-refractivity contribution in [3.63, 3.8) is 0 Å². The van der Waals surface area contributed by atoms with Crippen molar-refractivity contribution in [2.24, 2.45) is 11.8 Å². The van der Waals surface area contributed by atoms with E-state index in [4.69, 9.17) is 5.41 Å². The van der Waals surface area contributed by atoms with Crippen molar-refractivity contribution >= 4 is 5.84 Å². The fourth-order valence-corrected chi connectivity index (χ4v) is 2.44. The average molecular weight is 224 g/mol. The van der Waals surface area contributed by atoms with Gasteiger partial charge in [0.1, 0.15) is 0 Å². The van der Waals surface area contributed by atoms with Gasteiger partial charge in [-0.05, 0) is 25.2 Å². The Morgan fingerprint density at radius 1 is 1.19 bits per heavy atom. The predicted octanol–water partition coefficient (Wildman–Crippen LogP) is 3.91. The van der Waals surface area contributed by atoms with Gasteiger partial charge in [0, 0.05) is 18.5 Å². The highest BCUT2D eigenvalue weighted by Crippen LogP contribution is 2.25. The Labute approximate surface area is 101 Å². The number of rotatable bonds is 5. The molecule has 1 N–H and O–H groups in total. The van der Waals surface area contributed by atoms with Crippen LogP contribution in [0.3, 0.4) is 0 Å². The highest BCUT2D eigenvalue weighted by molar-refractivity contribution is 5.81. The Bertz CT molecular complexity index is 215. The summed E-state index contributed by atoms with van der Waals surface area (Å²) in [7, 11) is 0. The van der Waals surface area contributed by atoms with E-state index in [2.05, 4.69) is 32.6 Å². The Morgan fingerprint density at radius 3 is 2.19 bits per heavy atom. The third-order valence-corrected chi connectivity index (χ3v) is 3.57. The molecule has 2 nitrogen and oxygen atoms in total. The zero-order chi connectivity index (χ0) is 12.1. The summed E-state index contributed by atoms with van der Waals surface area (Å²) in [6.07, 6.45) is 6.52. The first-order valence-electron chi connectivity index (χ1n) is 6.87. The first kappa shape index (κ1) is 13.5. The van der Waals surface area contributed by atoms with Gasteiger partial charge in [-0.1, -0.05) is 40.5 Å². The first-order chi connectivity index (χ1) is 7.52. The molecule has 0 aromatic carbocycles. The van der Waals surface area contributed by atoms with Crippen molar-refractivity contribution in [3.05, 3.63) is 0 Å². The van der Waals surface area contributed by atoms with Crippen LogP contribution < -0.4 is 0 Å². The first-order valence-corrected chi connectivity index (χ1v) is 6.87. The molecule has 94 valence electrons. The molecule has 1 saturated carbocycles. The Hall–Kier alpha value is -0.530. The van der Waals surface area contributed by atoms with E-state index in [-0.39, 0.29) is 0 Å². The van der Waals surface area contributed by atoms with Gasteiger partial charge < -0.3 is 4.90 Å². The van der Waals surface area contributed by atoms with E-state index in [1.807, 2.05) is 0 Å². The SMILES string of the molecule is CC(C)CCN(C(=N)C(C)C)C1CCCC1. The summed E-state index contributed by atoms with van der Waals surface area (Å²) in [6, 6.07) is 0.661. The van der Waals surface area contributed by atoms with Gasteiger partial charge in [-0.15, -0.1) is 0 Å². The number of nitrogens with one attached hydrogen (secondary N) is 1. The lowest BCUT2D eigenvalue weighted by Crippen LogP contribution is -2.41. The monoisotopic (exact) mass is 224 g/mol. The lowest BCUT2D eigenvalue weighted by Gasteiger charge is -2.33. The van der Waals surface area contributed by atoms with Gasteiger partial charge in [-0.25, -0.2) is 0 Å². The van der Waals surface area contributed by atoms with E-state index in [0.717, 1.165) is 18.3 Å². The zero-order valence-electron chi connectivity index (χ0n) is 11.4. The second-order valence-corrected chi connectivity index (χ2v) is 5.85. The second-order valence-electron chi connectivity index (χ2n) is 5.85. The molecule has 0 atom stereocenters. The molecule has 0 aliphatic heterocycles. The van der Waals surface area contributed by atoms with Crippen molar-refractivity contribution in [1.82, 2.24) is 4.90 Å². The van der Waals surface area contributed by atoms with Crippen LogP contribution in [0.15, 0.2) is 0 Å². The molecule has 2 heteroatoms. The summed E-state index contributed by atoms with van der Waals surface area (Å²) in [5, 5.41) is 8.24. The highest BCUT2D eigenvalue weighted by Gasteiger charge is 2.25. The van der Waals surface area contributed by atoms with Crippen LogP contribution in [0.5, 0.6) is 0 Å². The van der Waals surface area contributed by atoms with E-state index >= 15 is 0 Å². The molecule has 0 bridgehead atoms. The minimum absolute atomic E-state index is 0.368. The quantitative estimate of drug-likeness (QED) is 0.556. The van der Waals surface area contributed by atoms with E-state index in [0.29, 0.717) is 12.0 Å². The molecule has 0 heterocycles. The maximum atomic E-state index is 8.24. The van der Waals surface area contributed by atoms with Gasteiger partial charge in [0.25, 0.3) is 0 Å². The zero-order valence-corrected chi connectivity index (χ0v) is 11.4. The molecule has 0 amide bonds. The fourth-order valence-electron chi connectivity index (χ4n) is 2.44. The maximum Gasteiger partial charge on any atom is 0.0986 e. The van der Waals surface area contributed by atoms with Crippen molar-refractivity contribution < 1.29 is 0 Å². The van der Waals surface area contributed by atoms with Crippen molar-refractivity contribution in [2.75, 3.05) is 6.54 Å². The molecular weight excluding hydrogens is 196 g/mol. The minimum atomic E-state index is 0.368. The second kappa shape index (κ2) is 6.27. The Balaban J connectivity index is 2.56. The van der Waals surface area contributed by atoms with Crippen LogP contribution in [0, 0.1) is 17.2 Å². The lowest BCUT2D eigenvalue weighted by molar-refractivity contribution is 0.283. The van der Waals surface area contributed by atoms with E-state index in [1.54, 1.807) is 0 Å². The Kier molecular flexibility index (Phi) is 5.30. The van der Waals surface area contributed by atoms with Crippen LogP contribution >= 0.6 is 0 Å². The van der Waals surface area contributed by atoms with Crippen LogP contribution in [0.2, 0.25) is 0 Å². The smallest absolute Gasteiger partial charge is 0.0986 e. The predicted molar refractivity (Wildman–Crippen MR) is 71.0 cm³/mol. The summed E-state index contributed by atoms with van der Waals surface area (Å²) in [6.45, 7) is 9.90. The van der Waals surface area contributed by atoms with Crippen LogP contribution in [0.4, 0.5) is 0 Å². The van der Waals surface area contributed by atoms with Crippen LogP contribution in [0.25, 0.3) is 0 Å². The molecule has 1 fully saturated rings. The molecule has 0 aromatic heterocycles. The molecule has 1 aliphatic carbocycles. The van der Waals surface area contributed by atoms with Gasteiger partial charge in [0.15, 0.2) is 0 Å². The van der Waals surface area contributed by atoms with Crippen LogP contribution in [-0.4, -0.2) is 23.3 Å². The van der Waals surface area contributed by atoms with E-state index < -0.39 is 0 Å². The number of nitrogens with zero attached hydrogens (tertiary/aromatic N) is 1. The molecule has 0 radical (unpaired) electrons. The van der Waals surface area contributed by atoms with E-state index in [9.17, 15) is 0 Å². The summed E-state index contributed by atoms with van der Waals surface area (Å²) >= 11 is 0. The van der Waals surface area contributed by atoms with Crippen molar-refractivity contribution in [2.45, 2.75) is 65.8 Å². The molecular formula is C14H28N2. The summed E-state index contributed by atoms with van der Waals surface area (Å²) in [5.41, 5.74) is 0. The number of amidine groups is 1. The van der Waals surface area contributed by atoms with Crippen molar-refractivity contribution in [3.8, 4) is 0 Å². The largest absolute Gasteiger partial charge is 0.357 e. The number of hydrogen-bond donors (Lipinski definition) is 1. The maximum absolute atomic E-state index is 8.24. The summed E-state index contributed by atoms with van der Waals surface area (Å²) in [4.78, 5) is 2.39. The normalized spacial score (nSPS) is 17.4. The molecule has 16 heavy (non-hydrogen) atoms. The van der Waals surface area contributed by atoms with Crippen molar-refractivity contribution in [1.29, 1.82) is 5.41 Å². The molecule has 1 rings (SSSR count). The van der Waals surface area contributed by atoms with Crippen LogP contribution in [0.1, 0.15) is 59.8 Å². The Morgan fingerprint density at radius 2 is 1.75 bits per heavy atom. The molecule has 0 saturated heterocycles. The van der Waals surface area contributed by atoms with E-state index in [1.165, 1.54) is 32.1 Å². The number of hydrogen-bond acceptors (Lipinski definition) is 1. The third kappa shape index (κ3) is 3.80. The summed E-state index contributed by atoms with van der Waals surface area (Å²) < 4.78 is 0. The third-order valence-electron chi connectivity index (χ3n) is 3.57. The average Bonchev–Trinajstić information content (AvgIpc) is 2.70. The fraction of sp³-hybridized carbons (Fsp3) is 0.929. The minimum Gasteiger partial charge on any atom is -0.357 e. The van der Waals surface area contributed by atoms with Gasteiger partial charge in [-0.2, -0.15) is 0 Å². The molecule has 0 aromatic rings. The van der Waals surface area contributed by atoms with Crippen LogP contribution in [-0.2, 0) is 0 Å². The van der Waals surface area contributed by atoms with Gasteiger partial charge in [0.05, 0.1) is 5.84 Å². The van der Waals surface area contributed by atoms with Gasteiger partial charge in [-0.3, -0.25) is 5.41 Å². The molecule has 0 unspecified atom stereocenters. The topological polar surface area (TPSA) is 27.1 Å². The molecule has 0 spiro atoms. The van der Waals surface area contributed by atoms with Gasteiger partial charge in [0.2, 0.25) is 0 Å². The molecule has 1 aliphatic rings. The lowest BCUT2D eigenvalue weighted by atomic mass is 10.1. The highest BCUT2D eigenvalue weighted by atomic mass is 15.2. The standard InChI is InChI=1S/C14H28N2/c1-11(2)9-10-16(14(15)12(3)4)13-7-5-6-8-13/h11-13,15H,5-10H2,1-4H3. The summed E-state index contributed by atoms with van der Waals surface area (Å²) in [5.74, 6) is 1.96. The van der Waals surface area contributed by atoms with Gasteiger partial charge >= 0.3 is 0 Å².